The molecule has 0 unspecified atom stereocenters. The number of hydrogen-bond acceptors (Lipinski definition) is 1. The van der Waals surface area contributed by atoms with Crippen molar-refractivity contribution in [3.63, 3.8) is 0 Å². The van der Waals surface area contributed by atoms with E-state index >= 15 is 0 Å². The lowest BCUT2D eigenvalue weighted by molar-refractivity contribution is 0.275. The summed E-state index contributed by atoms with van der Waals surface area (Å²) in [5, 5.41) is 0. The van der Waals surface area contributed by atoms with Crippen molar-refractivity contribution in [2.24, 2.45) is 0 Å². The monoisotopic (exact) mass is 152 g/mol. The van der Waals surface area contributed by atoms with Crippen molar-refractivity contribution in [3.05, 3.63) is 23.5 Å². The molecule has 0 heterocycles. The first-order chi connectivity index (χ1) is 5.36. The predicted molar refractivity (Wildman–Crippen MR) is 47.3 cm³/mol. The molecule has 1 aliphatic carbocycles. The smallest absolute Gasteiger partial charge is 0.0958 e. The third kappa shape index (κ3) is 2.41. The molecule has 0 fully saturated rings. The van der Waals surface area contributed by atoms with Gasteiger partial charge in [-0.05, 0) is 18.9 Å². The van der Waals surface area contributed by atoms with Gasteiger partial charge in [-0.15, -0.1) is 0 Å². The zero-order valence-electron chi connectivity index (χ0n) is 7.39. The second-order valence-corrected chi connectivity index (χ2v) is 2.91. The van der Waals surface area contributed by atoms with Crippen LogP contribution >= 0.6 is 0 Å². The third-order valence-corrected chi connectivity index (χ3v) is 2.03. The summed E-state index contributed by atoms with van der Waals surface area (Å²) in [5.41, 5.74) is 1.56. The molecular formula is C10H16O. The van der Waals surface area contributed by atoms with Gasteiger partial charge >= 0.3 is 0 Å². The maximum Gasteiger partial charge on any atom is 0.0958 e. The highest BCUT2D eigenvalue weighted by Crippen LogP contribution is 2.21. The number of hydrogen-bond donors (Lipinski definition) is 0. The molecular weight excluding hydrogens is 136 g/mol. The summed E-state index contributed by atoms with van der Waals surface area (Å²) in [5.74, 6) is 1.12. The Balaban J connectivity index is 2.47. The standard InChI is InChI=1S/C10H16O/c1-3-4-9-5-7-10(11-2)8-6-9/h5,7H,3-4,6,8H2,1-2H3. The fourth-order valence-corrected chi connectivity index (χ4v) is 1.36. The number of ether oxygens (including phenoxy) is 1. The molecule has 0 aromatic carbocycles. The molecule has 0 atom stereocenters. The summed E-state index contributed by atoms with van der Waals surface area (Å²) in [6, 6.07) is 0. The lowest BCUT2D eigenvalue weighted by Crippen LogP contribution is -1.94. The van der Waals surface area contributed by atoms with Crippen LogP contribution in [0.3, 0.4) is 0 Å². The molecule has 0 aliphatic heterocycles. The Morgan fingerprint density at radius 3 is 2.64 bits per heavy atom. The number of rotatable bonds is 3. The van der Waals surface area contributed by atoms with Crippen LogP contribution in [0.2, 0.25) is 0 Å². The highest BCUT2D eigenvalue weighted by molar-refractivity contribution is 5.20. The lowest BCUT2D eigenvalue weighted by atomic mass is 10.00. The summed E-state index contributed by atoms with van der Waals surface area (Å²) < 4.78 is 5.13. The van der Waals surface area contributed by atoms with Crippen LogP contribution in [-0.4, -0.2) is 7.11 Å². The van der Waals surface area contributed by atoms with Gasteiger partial charge in [-0.25, -0.2) is 0 Å². The lowest BCUT2D eigenvalue weighted by Gasteiger charge is -2.12. The Kier molecular flexibility index (Phi) is 3.21. The molecule has 0 radical (unpaired) electrons. The van der Waals surface area contributed by atoms with Gasteiger partial charge in [0.2, 0.25) is 0 Å². The first-order valence-corrected chi connectivity index (χ1v) is 4.29. The highest BCUT2D eigenvalue weighted by atomic mass is 16.5. The maximum atomic E-state index is 5.13. The first-order valence-electron chi connectivity index (χ1n) is 4.29. The molecule has 11 heavy (non-hydrogen) atoms. The van der Waals surface area contributed by atoms with Crippen molar-refractivity contribution in [2.75, 3.05) is 7.11 Å². The van der Waals surface area contributed by atoms with Crippen molar-refractivity contribution in [3.8, 4) is 0 Å². The van der Waals surface area contributed by atoms with E-state index in [1.807, 2.05) is 0 Å². The SMILES string of the molecule is CCCC1=CC=C(OC)CC1. The van der Waals surface area contributed by atoms with E-state index in [2.05, 4.69) is 19.1 Å². The molecule has 0 saturated carbocycles. The summed E-state index contributed by atoms with van der Waals surface area (Å²) in [4.78, 5) is 0. The zero-order valence-corrected chi connectivity index (χ0v) is 7.39. The van der Waals surface area contributed by atoms with Gasteiger partial charge in [0.15, 0.2) is 0 Å². The van der Waals surface area contributed by atoms with Gasteiger partial charge in [0, 0.05) is 6.42 Å². The van der Waals surface area contributed by atoms with E-state index in [0.29, 0.717) is 0 Å². The fraction of sp³-hybridized carbons (Fsp3) is 0.600. The molecule has 0 spiro atoms. The third-order valence-electron chi connectivity index (χ3n) is 2.03. The number of allylic oxidation sites excluding steroid dienone is 4. The van der Waals surface area contributed by atoms with E-state index in [4.69, 9.17) is 4.74 Å². The minimum Gasteiger partial charge on any atom is -0.501 e. The van der Waals surface area contributed by atoms with Gasteiger partial charge in [-0.3, -0.25) is 0 Å². The van der Waals surface area contributed by atoms with Gasteiger partial charge < -0.3 is 4.74 Å². The van der Waals surface area contributed by atoms with Gasteiger partial charge in [-0.2, -0.15) is 0 Å². The van der Waals surface area contributed by atoms with Crippen LogP contribution in [-0.2, 0) is 4.74 Å². The Hall–Kier alpha value is -0.720. The van der Waals surface area contributed by atoms with Crippen LogP contribution in [0.4, 0.5) is 0 Å². The van der Waals surface area contributed by atoms with Crippen LogP contribution in [0.25, 0.3) is 0 Å². The topological polar surface area (TPSA) is 9.23 Å². The van der Waals surface area contributed by atoms with Crippen molar-refractivity contribution in [2.45, 2.75) is 32.6 Å². The molecule has 1 nitrogen and oxygen atoms in total. The van der Waals surface area contributed by atoms with E-state index in [0.717, 1.165) is 12.2 Å². The van der Waals surface area contributed by atoms with Crippen LogP contribution < -0.4 is 0 Å². The average Bonchev–Trinajstić information content (AvgIpc) is 2.07. The average molecular weight is 152 g/mol. The fourth-order valence-electron chi connectivity index (χ4n) is 1.36. The Morgan fingerprint density at radius 2 is 2.18 bits per heavy atom. The molecule has 0 aromatic heterocycles. The molecule has 0 aromatic rings. The van der Waals surface area contributed by atoms with Crippen molar-refractivity contribution >= 4 is 0 Å². The number of methoxy groups -OCH3 is 1. The van der Waals surface area contributed by atoms with E-state index in [1.54, 1.807) is 12.7 Å². The van der Waals surface area contributed by atoms with Gasteiger partial charge in [0.05, 0.1) is 12.9 Å². The normalized spacial score (nSPS) is 17.3. The van der Waals surface area contributed by atoms with Gasteiger partial charge in [0.25, 0.3) is 0 Å². The molecule has 1 aliphatic rings. The highest BCUT2D eigenvalue weighted by Gasteiger charge is 2.04. The van der Waals surface area contributed by atoms with E-state index in [-0.39, 0.29) is 0 Å². The Labute approximate surface area is 68.8 Å². The molecule has 62 valence electrons. The van der Waals surface area contributed by atoms with Crippen LogP contribution in [0.5, 0.6) is 0 Å². The largest absolute Gasteiger partial charge is 0.501 e. The van der Waals surface area contributed by atoms with Crippen LogP contribution in [0.15, 0.2) is 23.5 Å². The Morgan fingerprint density at radius 1 is 1.36 bits per heavy atom. The van der Waals surface area contributed by atoms with Crippen molar-refractivity contribution < 1.29 is 4.74 Å². The molecule has 0 saturated heterocycles. The first kappa shape index (κ1) is 8.38. The van der Waals surface area contributed by atoms with E-state index in [1.165, 1.54) is 19.3 Å². The Bertz CT molecular complexity index is 177. The molecule has 0 N–H and O–H groups in total. The minimum atomic E-state index is 1.09. The molecule has 1 rings (SSSR count). The summed E-state index contributed by atoms with van der Waals surface area (Å²) in [7, 11) is 1.74. The van der Waals surface area contributed by atoms with Crippen molar-refractivity contribution in [1.82, 2.24) is 0 Å². The summed E-state index contributed by atoms with van der Waals surface area (Å²) in [6.45, 7) is 2.22. The summed E-state index contributed by atoms with van der Waals surface area (Å²) >= 11 is 0. The second-order valence-electron chi connectivity index (χ2n) is 2.91. The molecule has 0 amide bonds. The van der Waals surface area contributed by atoms with Gasteiger partial charge in [0.1, 0.15) is 0 Å². The second kappa shape index (κ2) is 4.22. The van der Waals surface area contributed by atoms with E-state index in [9.17, 15) is 0 Å². The van der Waals surface area contributed by atoms with Gasteiger partial charge in [-0.1, -0.05) is 25.0 Å². The van der Waals surface area contributed by atoms with Crippen molar-refractivity contribution in [1.29, 1.82) is 0 Å². The maximum absolute atomic E-state index is 5.13. The van der Waals surface area contributed by atoms with E-state index < -0.39 is 0 Å². The van der Waals surface area contributed by atoms with Crippen LogP contribution in [0.1, 0.15) is 32.6 Å². The molecule has 0 bridgehead atoms. The minimum absolute atomic E-state index is 1.09. The van der Waals surface area contributed by atoms with Crippen LogP contribution in [0, 0.1) is 0 Å². The molecule has 1 heteroatoms. The summed E-state index contributed by atoms with van der Waals surface area (Å²) in [6.07, 6.45) is 9.06. The predicted octanol–water partition coefficient (Wildman–Crippen LogP) is 3.04. The quantitative estimate of drug-likeness (QED) is 0.604. The zero-order chi connectivity index (χ0) is 8.10.